The van der Waals surface area contributed by atoms with Gasteiger partial charge in [-0.15, -0.1) is 0 Å². The number of nitro benzene ring substituents is 1. The van der Waals surface area contributed by atoms with Crippen LogP contribution in [0.2, 0.25) is 5.02 Å². The number of methoxy groups -OCH3 is 1. The lowest BCUT2D eigenvalue weighted by atomic mass is 10.2. The van der Waals surface area contributed by atoms with Crippen LogP contribution in [-0.2, 0) is 9.53 Å². The van der Waals surface area contributed by atoms with E-state index in [1.165, 1.54) is 19.2 Å². The summed E-state index contributed by atoms with van der Waals surface area (Å²) in [6.07, 6.45) is 0.946. The van der Waals surface area contributed by atoms with Crippen LogP contribution < -0.4 is 4.90 Å². The van der Waals surface area contributed by atoms with E-state index in [9.17, 15) is 14.9 Å². The van der Waals surface area contributed by atoms with E-state index in [4.69, 9.17) is 11.6 Å². The Morgan fingerprint density at radius 3 is 2.74 bits per heavy atom. The zero-order valence-corrected chi connectivity index (χ0v) is 11.5. The van der Waals surface area contributed by atoms with Crippen molar-refractivity contribution in [2.24, 2.45) is 0 Å². The molecule has 19 heavy (non-hydrogen) atoms. The van der Waals surface area contributed by atoms with E-state index in [0.717, 1.165) is 0 Å². The van der Waals surface area contributed by atoms with Gasteiger partial charge in [0.15, 0.2) is 0 Å². The third-order valence-corrected chi connectivity index (χ3v) is 2.96. The molecule has 1 aromatic carbocycles. The van der Waals surface area contributed by atoms with Gasteiger partial charge in [0.05, 0.1) is 22.7 Å². The van der Waals surface area contributed by atoms with Crippen LogP contribution in [-0.4, -0.2) is 31.6 Å². The van der Waals surface area contributed by atoms with Crippen LogP contribution in [0.3, 0.4) is 0 Å². The molecule has 0 radical (unpaired) electrons. The molecule has 0 spiro atoms. The smallest absolute Gasteiger partial charge is 0.305 e. The quantitative estimate of drug-likeness (QED) is 0.457. The molecule has 0 saturated heterocycles. The molecule has 0 unspecified atom stereocenters. The molecule has 0 amide bonds. The average molecular weight is 287 g/mol. The molecule has 0 saturated carbocycles. The first-order chi connectivity index (χ1) is 8.95. The van der Waals surface area contributed by atoms with Gasteiger partial charge in [-0.1, -0.05) is 11.6 Å². The molecule has 0 bridgehead atoms. The summed E-state index contributed by atoms with van der Waals surface area (Å²) in [5.74, 6) is -0.261. The van der Waals surface area contributed by atoms with Crippen molar-refractivity contribution in [1.29, 1.82) is 0 Å². The maximum atomic E-state index is 11.0. The van der Waals surface area contributed by atoms with Gasteiger partial charge in [-0.05, 0) is 12.5 Å². The number of esters is 1. The number of anilines is 1. The number of hydrogen-bond donors (Lipinski definition) is 0. The summed E-state index contributed by atoms with van der Waals surface area (Å²) in [5, 5.41) is 10.9. The van der Waals surface area contributed by atoms with E-state index in [0.29, 0.717) is 30.1 Å². The molecule has 104 valence electrons. The third kappa shape index (κ3) is 4.40. The lowest BCUT2D eigenvalue weighted by Gasteiger charge is -2.20. The summed E-state index contributed by atoms with van der Waals surface area (Å²) >= 11 is 6.00. The zero-order chi connectivity index (χ0) is 14.4. The molecule has 1 rings (SSSR count). The topological polar surface area (TPSA) is 72.7 Å². The molecule has 0 fully saturated rings. The fourth-order valence-electron chi connectivity index (χ4n) is 1.60. The van der Waals surface area contributed by atoms with Crippen molar-refractivity contribution in [3.8, 4) is 0 Å². The second-order valence-corrected chi connectivity index (χ2v) is 4.40. The van der Waals surface area contributed by atoms with Crippen LogP contribution >= 0.6 is 11.6 Å². The van der Waals surface area contributed by atoms with Gasteiger partial charge < -0.3 is 9.64 Å². The van der Waals surface area contributed by atoms with Gasteiger partial charge in [0.2, 0.25) is 0 Å². The second-order valence-electron chi connectivity index (χ2n) is 3.99. The Hall–Kier alpha value is -1.82. The van der Waals surface area contributed by atoms with Crippen LogP contribution in [0.5, 0.6) is 0 Å². The summed E-state index contributed by atoms with van der Waals surface area (Å²) in [7, 11) is 3.16. The van der Waals surface area contributed by atoms with Gasteiger partial charge in [-0.3, -0.25) is 14.9 Å². The predicted octanol–water partition coefficient (Wildman–Crippen LogP) is 2.64. The van der Waals surface area contributed by atoms with Crippen molar-refractivity contribution in [3.05, 3.63) is 33.3 Å². The van der Waals surface area contributed by atoms with Gasteiger partial charge in [-0.2, -0.15) is 0 Å². The number of rotatable bonds is 6. The largest absolute Gasteiger partial charge is 0.469 e. The lowest BCUT2D eigenvalue weighted by molar-refractivity contribution is -0.384. The number of carbonyl (C=O) groups excluding carboxylic acids is 1. The first kappa shape index (κ1) is 15.2. The normalized spacial score (nSPS) is 10.1. The molecular weight excluding hydrogens is 272 g/mol. The Kier molecular flexibility index (Phi) is 5.57. The van der Waals surface area contributed by atoms with Gasteiger partial charge in [0, 0.05) is 32.1 Å². The minimum atomic E-state index is -0.493. The first-order valence-electron chi connectivity index (χ1n) is 5.67. The number of nitro groups is 1. The fraction of sp³-hybridized carbons (Fsp3) is 0.417. The van der Waals surface area contributed by atoms with Crippen molar-refractivity contribution >= 4 is 28.9 Å². The minimum absolute atomic E-state index is 0.0447. The van der Waals surface area contributed by atoms with Crippen molar-refractivity contribution in [3.63, 3.8) is 0 Å². The molecule has 0 aliphatic rings. The van der Waals surface area contributed by atoms with Gasteiger partial charge in [0.25, 0.3) is 5.69 Å². The maximum Gasteiger partial charge on any atom is 0.305 e. The summed E-state index contributed by atoms with van der Waals surface area (Å²) < 4.78 is 4.55. The number of carbonyl (C=O) groups is 1. The van der Waals surface area contributed by atoms with Crippen LogP contribution in [0.4, 0.5) is 11.4 Å². The van der Waals surface area contributed by atoms with Crippen LogP contribution in [0.1, 0.15) is 12.8 Å². The van der Waals surface area contributed by atoms with Gasteiger partial charge in [0.1, 0.15) is 0 Å². The molecular formula is C12H15ClN2O4. The first-order valence-corrected chi connectivity index (χ1v) is 6.05. The number of benzene rings is 1. The molecule has 0 aliphatic carbocycles. The predicted molar refractivity (Wildman–Crippen MR) is 72.6 cm³/mol. The second kappa shape index (κ2) is 6.94. The fourth-order valence-corrected chi connectivity index (χ4v) is 1.92. The van der Waals surface area contributed by atoms with Crippen LogP contribution in [0.25, 0.3) is 0 Å². The molecule has 0 N–H and O–H groups in total. The zero-order valence-electron chi connectivity index (χ0n) is 10.8. The van der Waals surface area contributed by atoms with Crippen molar-refractivity contribution in [1.82, 2.24) is 0 Å². The maximum absolute atomic E-state index is 11.0. The van der Waals surface area contributed by atoms with E-state index in [-0.39, 0.29) is 11.7 Å². The Balaban J connectivity index is 2.64. The number of nitrogens with zero attached hydrogens (tertiary/aromatic N) is 2. The number of halogens is 1. The highest BCUT2D eigenvalue weighted by atomic mass is 35.5. The molecule has 0 aliphatic heterocycles. The van der Waals surface area contributed by atoms with E-state index >= 15 is 0 Å². The average Bonchev–Trinajstić information content (AvgIpc) is 2.37. The Morgan fingerprint density at radius 2 is 2.21 bits per heavy atom. The van der Waals surface area contributed by atoms with Crippen molar-refractivity contribution in [2.75, 3.05) is 25.6 Å². The van der Waals surface area contributed by atoms with E-state index in [1.807, 2.05) is 11.9 Å². The Bertz CT molecular complexity index is 479. The highest BCUT2D eigenvalue weighted by Gasteiger charge is 2.12. The summed E-state index contributed by atoms with van der Waals surface area (Å²) in [6.45, 7) is 0.604. The molecule has 0 aromatic heterocycles. The Morgan fingerprint density at radius 1 is 1.53 bits per heavy atom. The molecule has 7 heteroatoms. The molecule has 0 atom stereocenters. The third-order valence-electron chi connectivity index (χ3n) is 2.66. The number of ether oxygens (including phenoxy) is 1. The lowest BCUT2D eigenvalue weighted by Crippen LogP contribution is -2.19. The van der Waals surface area contributed by atoms with E-state index in [1.54, 1.807) is 6.07 Å². The highest BCUT2D eigenvalue weighted by Crippen LogP contribution is 2.29. The number of hydrogen-bond acceptors (Lipinski definition) is 5. The SMILES string of the molecule is COC(=O)CCCN(C)c1ccc([N+](=O)[O-])cc1Cl. The molecule has 0 heterocycles. The minimum Gasteiger partial charge on any atom is -0.469 e. The summed E-state index contributed by atoms with van der Waals surface area (Å²) in [5.41, 5.74) is 0.647. The van der Waals surface area contributed by atoms with E-state index in [2.05, 4.69) is 4.74 Å². The van der Waals surface area contributed by atoms with Crippen LogP contribution in [0.15, 0.2) is 18.2 Å². The monoisotopic (exact) mass is 286 g/mol. The van der Waals surface area contributed by atoms with Gasteiger partial charge >= 0.3 is 5.97 Å². The highest BCUT2D eigenvalue weighted by molar-refractivity contribution is 6.33. The number of non-ortho nitro benzene ring substituents is 1. The van der Waals surface area contributed by atoms with Gasteiger partial charge in [-0.25, -0.2) is 0 Å². The molecule has 6 nitrogen and oxygen atoms in total. The Labute approximate surface area is 116 Å². The van der Waals surface area contributed by atoms with Crippen LogP contribution in [0, 0.1) is 10.1 Å². The molecule has 1 aromatic rings. The summed E-state index contributed by atoms with van der Waals surface area (Å²) in [4.78, 5) is 22.9. The van der Waals surface area contributed by atoms with E-state index < -0.39 is 4.92 Å². The summed E-state index contributed by atoms with van der Waals surface area (Å²) in [6, 6.07) is 4.31. The van der Waals surface area contributed by atoms with Crippen molar-refractivity contribution in [2.45, 2.75) is 12.8 Å². The standard InChI is InChI=1S/C12H15ClN2O4/c1-14(7-3-4-12(16)19-2)11-6-5-9(15(17)18)8-10(11)13/h5-6,8H,3-4,7H2,1-2H3. The van der Waals surface area contributed by atoms with Crippen molar-refractivity contribution < 1.29 is 14.5 Å².